The van der Waals surface area contributed by atoms with Crippen molar-refractivity contribution in [2.45, 2.75) is 191 Å². The number of unbranched alkanes of at least 4 members (excludes halogenated alkanes) is 15. The number of carbonyl (C=O) groups is 2. The van der Waals surface area contributed by atoms with E-state index in [1.54, 1.807) is 0 Å². The summed E-state index contributed by atoms with van der Waals surface area (Å²) >= 11 is 0. The highest BCUT2D eigenvalue weighted by molar-refractivity contribution is 5.90. The molecule has 3 fully saturated rings. The Morgan fingerprint density at radius 2 is 1.15 bits per heavy atom. The van der Waals surface area contributed by atoms with Crippen LogP contribution in [0.25, 0.3) is 0 Å². The molecule has 0 bridgehead atoms. The highest BCUT2D eigenvalue weighted by Gasteiger charge is 2.58. The summed E-state index contributed by atoms with van der Waals surface area (Å²) in [6, 6.07) is 0. The molecule has 1 saturated heterocycles. The van der Waals surface area contributed by atoms with Crippen LogP contribution in [0.3, 0.4) is 0 Å². The van der Waals surface area contributed by atoms with Crippen molar-refractivity contribution in [3.63, 3.8) is 0 Å². The van der Waals surface area contributed by atoms with Crippen molar-refractivity contribution in [3.05, 3.63) is 0 Å². The third-order valence-corrected chi connectivity index (χ3v) is 9.83. The summed E-state index contributed by atoms with van der Waals surface area (Å²) in [5, 5.41) is 3.87. The fourth-order valence-corrected chi connectivity index (χ4v) is 7.47. The summed E-state index contributed by atoms with van der Waals surface area (Å²) in [7, 11) is 0. The molecule has 0 aromatic carbocycles. The fourth-order valence-electron chi connectivity index (χ4n) is 7.47. The van der Waals surface area contributed by atoms with Gasteiger partial charge in [0, 0.05) is 6.54 Å². The summed E-state index contributed by atoms with van der Waals surface area (Å²) in [6.45, 7) is 3.32. The highest BCUT2D eigenvalue weighted by Crippen LogP contribution is 2.44. The Morgan fingerprint density at radius 3 is 1.67 bits per heavy atom. The molecule has 2 spiro atoms. The number of nitrogens with one attached hydrogen (secondary N) is 1. The van der Waals surface area contributed by atoms with Gasteiger partial charge in [0.2, 0.25) is 5.91 Å². The number of hydrogen-bond donors (Lipinski definition) is 1. The monoisotopic (exact) mass is 546 g/mol. The molecule has 0 aromatic rings. The number of rotatable bonds is 20. The van der Waals surface area contributed by atoms with Crippen LogP contribution in [-0.2, 0) is 14.3 Å². The van der Waals surface area contributed by atoms with Gasteiger partial charge in [-0.25, -0.2) is 0 Å². The second-order valence-corrected chi connectivity index (χ2v) is 13.1. The molecule has 5 nitrogen and oxygen atoms in total. The van der Waals surface area contributed by atoms with Crippen molar-refractivity contribution >= 4 is 11.9 Å². The van der Waals surface area contributed by atoms with E-state index >= 15 is 0 Å². The fraction of sp³-hybridized carbons (Fsp3) is 0.941. The van der Waals surface area contributed by atoms with Gasteiger partial charge in [-0.05, 0) is 44.9 Å². The third-order valence-electron chi connectivity index (χ3n) is 9.83. The predicted octanol–water partition coefficient (Wildman–Crippen LogP) is 8.98. The molecule has 39 heavy (non-hydrogen) atoms. The average molecular weight is 547 g/mol. The van der Waals surface area contributed by atoms with Crippen molar-refractivity contribution in [1.82, 2.24) is 10.2 Å². The Hall–Kier alpha value is -1.10. The van der Waals surface area contributed by atoms with Crippen molar-refractivity contribution in [1.29, 1.82) is 0 Å². The highest BCUT2D eigenvalue weighted by atomic mass is 16.5. The van der Waals surface area contributed by atoms with Gasteiger partial charge in [-0.3, -0.25) is 14.9 Å². The van der Waals surface area contributed by atoms with Crippen LogP contribution in [0, 0.1) is 0 Å². The molecular formula is C34H62N2O3. The number of ether oxygens (including phenoxy) is 1. The molecule has 226 valence electrons. The Labute approximate surface area is 241 Å². The van der Waals surface area contributed by atoms with Crippen LogP contribution in [0.4, 0.5) is 0 Å². The predicted molar refractivity (Wildman–Crippen MR) is 162 cm³/mol. The average Bonchev–Trinajstić information content (AvgIpc) is 3.15. The minimum atomic E-state index is -0.368. The van der Waals surface area contributed by atoms with Crippen molar-refractivity contribution in [2.75, 3.05) is 13.2 Å². The molecule has 1 amide bonds. The maximum absolute atomic E-state index is 13.6. The molecule has 3 aliphatic rings. The van der Waals surface area contributed by atoms with Gasteiger partial charge in [0.1, 0.15) is 0 Å². The Balaban J connectivity index is 1.18. The van der Waals surface area contributed by atoms with Gasteiger partial charge in [-0.2, -0.15) is 0 Å². The van der Waals surface area contributed by atoms with E-state index in [-0.39, 0.29) is 23.1 Å². The molecule has 0 radical (unpaired) electrons. The largest absolute Gasteiger partial charge is 0.466 e. The van der Waals surface area contributed by atoms with E-state index in [0.717, 1.165) is 64.2 Å². The zero-order chi connectivity index (χ0) is 27.7. The molecule has 1 N–H and O–H groups in total. The minimum absolute atomic E-state index is 0.140. The lowest BCUT2D eigenvalue weighted by molar-refractivity contribution is -0.145. The number of esters is 1. The van der Waals surface area contributed by atoms with Crippen molar-refractivity contribution < 1.29 is 14.3 Å². The minimum Gasteiger partial charge on any atom is -0.466 e. The van der Waals surface area contributed by atoms with Crippen LogP contribution < -0.4 is 5.32 Å². The van der Waals surface area contributed by atoms with E-state index < -0.39 is 0 Å². The zero-order valence-corrected chi connectivity index (χ0v) is 25.7. The van der Waals surface area contributed by atoms with E-state index in [1.807, 2.05) is 0 Å². The molecule has 0 atom stereocenters. The summed E-state index contributed by atoms with van der Waals surface area (Å²) in [6.07, 6.45) is 32.8. The molecule has 5 heteroatoms. The second kappa shape index (κ2) is 18.4. The number of hydrogen-bond acceptors (Lipinski definition) is 4. The van der Waals surface area contributed by atoms with E-state index in [9.17, 15) is 9.59 Å². The Bertz CT molecular complexity index is 682. The van der Waals surface area contributed by atoms with Gasteiger partial charge in [-0.15, -0.1) is 0 Å². The van der Waals surface area contributed by atoms with Gasteiger partial charge >= 0.3 is 5.97 Å². The van der Waals surface area contributed by atoms with Crippen molar-refractivity contribution in [3.8, 4) is 0 Å². The second-order valence-electron chi connectivity index (χ2n) is 13.1. The normalized spacial score (nSPS) is 20.2. The maximum atomic E-state index is 13.6. The smallest absolute Gasteiger partial charge is 0.307 e. The topological polar surface area (TPSA) is 58.6 Å². The molecule has 1 heterocycles. The maximum Gasteiger partial charge on any atom is 0.307 e. The van der Waals surface area contributed by atoms with Gasteiger partial charge in [0.05, 0.1) is 24.2 Å². The van der Waals surface area contributed by atoms with Crippen LogP contribution in [0.1, 0.15) is 180 Å². The third kappa shape index (κ3) is 10.7. The van der Waals surface area contributed by atoms with Crippen LogP contribution in [0.2, 0.25) is 0 Å². The lowest BCUT2D eigenvalue weighted by atomic mass is 9.81. The van der Waals surface area contributed by atoms with Crippen LogP contribution in [0.15, 0.2) is 0 Å². The van der Waals surface area contributed by atoms with Gasteiger partial charge < -0.3 is 9.64 Å². The zero-order valence-electron chi connectivity index (χ0n) is 25.7. The number of nitrogens with zero attached hydrogens (tertiary/aromatic N) is 1. The van der Waals surface area contributed by atoms with Crippen LogP contribution in [-0.4, -0.2) is 41.1 Å². The summed E-state index contributed by atoms with van der Waals surface area (Å²) in [4.78, 5) is 28.2. The number of amides is 1. The molecule has 3 rings (SSSR count). The van der Waals surface area contributed by atoms with E-state index in [0.29, 0.717) is 19.6 Å². The van der Waals surface area contributed by atoms with Gasteiger partial charge in [-0.1, -0.05) is 129 Å². The van der Waals surface area contributed by atoms with Crippen LogP contribution >= 0.6 is 0 Å². The lowest BCUT2D eigenvalue weighted by Crippen LogP contribution is -2.56. The summed E-state index contributed by atoms with van der Waals surface area (Å²) in [5.74, 6) is 0.119. The number of carbonyl (C=O) groups excluding carboxylic acids is 2. The standard InChI is InChI=1S/C34H62N2O3/c1-2-3-4-5-6-7-8-9-10-11-12-13-14-15-16-23-30-39-31(37)24-29-36-32(38)33(25-19-17-20-26-33)35-34(36)27-21-18-22-28-34/h35H,2-30H2,1H3. The summed E-state index contributed by atoms with van der Waals surface area (Å²) in [5.41, 5.74) is -0.589. The molecule has 1 aliphatic heterocycles. The molecule has 2 saturated carbocycles. The first kappa shape index (κ1) is 32.4. The lowest BCUT2D eigenvalue weighted by Gasteiger charge is -2.42. The van der Waals surface area contributed by atoms with Crippen molar-refractivity contribution in [2.24, 2.45) is 0 Å². The molecule has 0 aromatic heterocycles. The SMILES string of the molecule is CCCCCCCCCCCCCCCCCCOC(=O)CCN1C(=O)C2(CCCCC2)NC12CCCCC2. The van der Waals surface area contributed by atoms with Crippen LogP contribution in [0.5, 0.6) is 0 Å². The first-order valence-electron chi connectivity index (χ1n) is 17.4. The first-order valence-corrected chi connectivity index (χ1v) is 17.4. The van der Waals surface area contributed by atoms with Gasteiger partial charge in [0.15, 0.2) is 0 Å². The molecule has 0 unspecified atom stereocenters. The molecular weight excluding hydrogens is 484 g/mol. The van der Waals surface area contributed by atoms with Gasteiger partial charge in [0.25, 0.3) is 0 Å². The van der Waals surface area contributed by atoms with E-state index in [1.165, 1.54) is 103 Å². The first-order chi connectivity index (χ1) is 19.1. The quantitative estimate of drug-likeness (QED) is 0.122. The Kier molecular flexibility index (Phi) is 15.3. The van der Waals surface area contributed by atoms with E-state index in [2.05, 4.69) is 17.1 Å². The molecule has 2 aliphatic carbocycles. The summed E-state index contributed by atoms with van der Waals surface area (Å²) < 4.78 is 5.57. The Morgan fingerprint density at radius 1 is 0.692 bits per heavy atom. The van der Waals surface area contributed by atoms with E-state index in [4.69, 9.17) is 4.74 Å².